The topological polar surface area (TPSA) is 78.4 Å². The monoisotopic (exact) mass is 398 g/mol. The highest BCUT2D eigenvalue weighted by Gasteiger charge is 2.28. The summed E-state index contributed by atoms with van der Waals surface area (Å²) in [5.41, 5.74) is 3.08. The number of ether oxygens (including phenoxy) is 2. The van der Waals surface area contributed by atoms with Crippen LogP contribution in [-0.2, 0) is 9.47 Å². The standard InChI is InChI=1S/C24H18N2O4/c1-29-23(27)17-14-25-22(16-9-4-3-5-10-16)21(20(17)24(28)30-2)19-13-12-15-8-6-7-11-18(15)26-19/h3-14H,1-2H3. The van der Waals surface area contributed by atoms with Gasteiger partial charge in [0.15, 0.2) is 0 Å². The first kappa shape index (κ1) is 19.3. The van der Waals surface area contributed by atoms with Crippen molar-refractivity contribution in [1.29, 1.82) is 0 Å². The molecule has 6 heteroatoms. The number of hydrogen-bond donors (Lipinski definition) is 0. The van der Waals surface area contributed by atoms with E-state index in [-0.39, 0.29) is 11.1 Å². The molecular weight excluding hydrogens is 380 g/mol. The lowest BCUT2D eigenvalue weighted by Crippen LogP contribution is -2.15. The van der Waals surface area contributed by atoms with E-state index in [1.54, 1.807) is 6.07 Å². The molecule has 0 saturated carbocycles. The number of hydrogen-bond acceptors (Lipinski definition) is 6. The largest absolute Gasteiger partial charge is 0.465 e. The molecule has 148 valence electrons. The Bertz CT molecular complexity index is 1250. The first-order valence-electron chi connectivity index (χ1n) is 9.25. The second-order valence-electron chi connectivity index (χ2n) is 6.51. The summed E-state index contributed by atoms with van der Waals surface area (Å²) in [6, 6.07) is 20.8. The maximum Gasteiger partial charge on any atom is 0.340 e. The lowest BCUT2D eigenvalue weighted by molar-refractivity contribution is 0.0555. The van der Waals surface area contributed by atoms with Crippen LogP contribution in [0.2, 0.25) is 0 Å². The Morgan fingerprint density at radius 2 is 1.50 bits per heavy atom. The number of aromatic nitrogens is 2. The third kappa shape index (κ3) is 3.39. The van der Waals surface area contributed by atoms with Gasteiger partial charge in [-0.05, 0) is 12.1 Å². The van der Waals surface area contributed by atoms with Crippen molar-refractivity contribution in [3.8, 4) is 22.5 Å². The number of fused-ring (bicyclic) bond motifs is 1. The quantitative estimate of drug-likeness (QED) is 0.470. The molecule has 4 rings (SSSR count). The van der Waals surface area contributed by atoms with Crippen molar-refractivity contribution in [1.82, 2.24) is 9.97 Å². The van der Waals surface area contributed by atoms with Gasteiger partial charge in [-0.3, -0.25) is 4.98 Å². The van der Waals surface area contributed by atoms with Crippen molar-refractivity contribution in [2.75, 3.05) is 14.2 Å². The normalized spacial score (nSPS) is 10.6. The molecule has 2 aromatic heterocycles. The van der Waals surface area contributed by atoms with Crippen LogP contribution in [0.25, 0.3) is 33.4 Å². The van der Waals surface area contributed by atoms with Gasteiger partial charge in [-0.15, -0.1) is 0 Å². The van der Waals surface area contributed by atoms with Crippen LogP contribution in [0.5, 0.6) is 0 Å². The van der Waals surface area contributed by atoms with Crippen molar-refractivity contribution in [2.24, 2.45) is 0 Å². The van der Waals surface area contributed by atoms with Gasteiger partial charge in [0, 0.05) is 22.7 Å². The molecule has 0 saturated heterocycles. The van der Waals surface area contributed by atoms with Gasteiger partial charge in [0.1, 0.15) is 0 Å². The van der Waals surface area contributed by atoms with Gasteiger partial charge in [0.2, 0.25) is 0 Å². The summed E-state index contributed by atoms with van der Waals surface area (Å²) in [4.78, 5) is 34.5. The summed E-state index contributed by atoms with van der Waals surface area (Å²) in [5, 5.41) is 0.958. The Hall–Kier alpha value is -4.06. The van der Waals surface area contributed by atoms with Crippen LogP contribution in [0, 0.1) is 0 Å². The molecule has 0 atom stereocenters. The smallest absolute Gasteiger partial charge is 0.340 e. The Balaban J connectivity index is 2.10. The minimum atomic E-state index is -0.676. The summed E-state index contributed by atoms with van der Waals surface area (Å²) in [7, 11) is 2.52. The van der Waals surface area contributed by atoms with Crippen LogP contribution in [0.15, 0.2) is 72.9 Å². The van der Waals surface area contributed by atoms with Gasteiger partial charge in [-0.25, -0.2) is 14.6 Å². The highest BCUT2D eigenvalue weighted by molar-refractivity contribution is 6.09. The van der Waals surface area contributed by atoms with Gasteiger partial charge >= 0.3 is 11.9 Å². The van der Waals surface area contributed by atoms with Crippen LogP contribution in [0.4, 0.5) is 0 Å². The number of para-hydroxylation sites is 1. The number of carbonyl (C=O) groups excluding carboxylic acids is 2. The van der Waals surface area contributed by atoms with Crippen LogP contribution >= 0.6 is 0 Å². The lowest BCUT2D eigenvalue weighted by atomic mass is 9.94. The Morgan fingerprint density at radius 3 is 2.23 bits per heavy atom. The fraction of sp³-hybridized carbons (Fsp3) is 0.0833. The number of pyridine rings is 2. The zero-order valence-corrected chi connectivity index (χ0v) is 16.5. The first-order chi connectivity index (χ1) is 14.6. The van der Waals surface area contributed by atoms with Crippen molar-refractivity contribution < 1.29 is 19.1 Å². The Kier molecular flexibility index (Phi) is 5.22. The van der Waals surface area contributed by atoms with Crippen LogP contribution in [0.3, 0.4) is 0 Å². The van der Waals surface area contributed by atoms with Crippen LogP contribution < -0.4 is 0 Å². The van der Waals surface area contributed by atoms with E-state index in [0.717, 1.165) is 16.5 Å². The summed E-state index contributed by atoms with van der Waals surface area (Å²) in [6.45, 7) is 0. The second kappa shape index (κ2) is 8.13. The summed E-state index contributed by atoms with van der Waals surface area (Å²) < 4.78 is 9.88. The Morgan fingerprint density at radius 1 is 0.800 bits per heavy atom. The predicted molar refractivity (Wildman–Crippen MR) is 113 cm³/mol. The molecule has 0 aliphatic rings. The van der Waals surface area contributed by atoms with E-state index in [4.69, 9.17) is 14.5 Å². The average molecular weight is 398 g/mol. The van der Waals surface area contributed by atoms with Gasteiger partial charge in [-0.1, -0.05) is 54.6 Å². The number of carbonyl (C=O) groups is 2. The molecule has 0 bridgehead atoms. The van der Waals surface area contributed by atoms with E-state index in [1.807, 2.05) is 60.7 Å². The van der Waals surface area contributed by atoms with Gasteiger partial charge in [0.05, 0.1) is 42.3 Å². The van der Waals surface area contributed by atoms with Crippen LogP contribution in [0.1, 0.15) is 20.7 Å². The second-order valence-corrected chi connectivity index (χ2v) is 6.51. The summed E-state index contributed by atoms with van der Waals surface area (Å²) >= 11 is 0. The van der Waals surface area contributed by atoms with E-state index >= 15 is 0 Å². The fourth-order valence-electron chi connectivity index (χ4n) is 3.36. The summed E-state index contributed by atoms with van der Waals surface area (Å²) in [5.74, 6) is -1.34. The number of methoxy groups -OCH3 is 2. The molecule has 0 N–H and O–H groups in total. The molecule has 0 amide bonds. The molecule has 0 fully saturated rings. The zero-order chi connectivity index (χ0) is 21.1. The molecule has 0 spiro atoms. The lowest BCUT2D eigenvalue weighted by Gasteiger charge is -2.16. The molecule has 0 aliphatic heterocycles. The third-order valence-electron chi connectivity index (χ3n) is 4.78. The molecule has 0 unspecified atom stereocenters. The SMILES string of the molecule is COC(=O)c1cnc(-c2ccccc2)c(-c2ccc3ccccc3n2)c1C(=O)OC. The summed E-state index contributed by atoms with van der Waals surface area (Å²) in [6.07, 6.45) is 1.34. The van der Waals surface area contributed by atoms with E-state index < -0.39 is 11.9 Å². The zero-order valence-electron chi connectivity index (χ0n) is 16.5. The van der Waals surface area contributed by atoms with E-state index in [0.29, 0.717) is 17.0 Å². The molecular formula is C24H18N2O4. The highest BCUT2D eigenvalue weighted by atomic mass is 16.5. The minimum absolute atomic E-state index is 0.0222. The van der Waals surface area contributed by atoms with Crippen molar-refractivity contribution >= 4 is 22.8 Å². The maximum atomic E-state index is 12.8. The molecule has 0 radical (unpaired) electrons. The molecule has 4 aromatic rings. The van der Waals surface area contributed by atoms with Gasteiger partial charge in [-0.2, -0.15) is 0 Å². The number of nitrogens with zero attached hydrogens (tertiary/aromatic N) is 2. The average Bonchev–Trinajstić information content (AvgIpc) is 2.82. The van der Waals surface area contributed by atoms with E-state index in [2.05, 4.69) is 4.98 Å². The van der Waals surface area contributed by atoms with Crippen molar-refractivity contribution in [3.05, 3.63) is 84.1 Å². The molecule has 6 nitrogen and oxygen atoms in total. The minimum Gasteiger partial charge on any atom is -0.465 e. The highest BCUT2D eigenvalue weighted by Crippen LogP contribution is 2.35. The Labute approximate surface area is 173 Å². The molecule has 2 aromatic carbocycles. The van der Waals surface area contributed by atoms with Crippen molar-refractivity contribution in [2.45, 2.75) is 0 Å². The fourth-order valence-corrected chi connectivity index (χ4v) is 3.36. The van der Waals surface area contributed by atoms with Gasteiger partial charge in [0.25, 0.3) is 0 Å². The third-order valence-corrected chi connectivity index (χ3v) is 4.78. The van der Waals surface area contributed by atoms with Crippen molar-refractivity contribution in [3.63, 3.8) is 0 Å². The molecule has 2 heterocycles. The maximum absolute atomic E-state index is 12.8. The molecule has 0 aliphatic carbocycles. The van der Waals surface area contributed by atoms with Gasteiger partial charge < -0.3 is 9.47 Å². The number of rotatable bonds is 4. The first-order valence-corrected chi connectivity index (χ1v) is 9.25. The van der Waals surface area contributed by atoms with E-state index in [1.165, 1.54) is 20.4 Å². The van der Waals surface area contributed by atoms with Crippen LogP contribution in [-0.4, -0.2) is 36.1 Å². The number of esters is 2. The predicted octanol–water partition coefficient (Wildman–Crippen LogP) is 4.54. The van der Waals surface area contributed by atoms with E-state index in [9.17, 15) is 9.59 Å². The molecule has 30 heavy (non-hydrogen) atoms. The number of benzene rings is 2.